The normalized spacial score (nSPS) is 23.0. The largest absolute Gasteiger partial charge is 0.497 e. The number of quaternary nitrogens is 1. The van der Waals surface area contributed by atoms with Crippen LogP contribution in [0, 0.1) is 11.6 Å². The second-order valence-electron chi connectivity index (χ2n) is 11.5. The summed E-state index contributed by atoms with van der Waals surface area (Å²) in [6.45, 7) is -1.20. The molecule has 0 aliphatic carbocycles. The summed E-state index contributed by atoms with van der Waals surface area (Å²) in [7, 11) is 3.30. The van der Waals surface area contributed by atoms with Gasteiger partial charge in [-0.3, -0.25) is 0 Å². The van der Waals surface area contributed by atoms with Gasteiger partial charge in [-0.2, -0.15) is 17.7 Å². The van der Waals surface area contributed by atoms with Crippen molar-refractivity contribution < 1.29 is 45.8 Å². The standard InChI is InChI=1S/C33H34F5N3O5/c1-41(30-13-11-23(44-2)14-27(30)26(15-31(41)42)20-6-8-21(34)9-7-20)29-5-3-4-28(35)25(29)12-10-24-16-39-22(17-45-24)18-46-32(43)40-19-33(36,37)38/h3-9,11,13-14,22,24,26,39H,10,12,15-19H2,1-2H3/p+1. The number of ether oxygens (including phenoxy) is 3. The van der Waals surface area contributed by atoms with Crippen molar-refractivity contribution in [2.24, 2.45) is 0 Å². The number of halogens is 5. The van der Waals surface area contributed by atoms with Gasteiger partial charge in [0.25, 0.3) is 0 Å². The fourth-order valence-electron chi connectivity index (χ4n) is 6.08. The quantitative estimate of drug-likeness (QED) is 0.223. The zero-order chi connectivity index (χ0) is 33.1. The predicted octanol–water partition coefficient (Wildman–Crippen LogP) is 5.88. The van der Waals surface area contributed by atoms with Crippen molar-refractivity contribution in [3.63, 3.8) is 0 Å². The summed E-state index contributed by atoms with van der Waals surface area (Å²) in [5.41, 5.74) is 3.13. The summed E-state index contributed by atoms with van der Waals surface area (Å²) in [6, 6.07) is 15.8. The third kappa shape index (κ3) is 7.32. The second-order valence-corrected chi connectivity index (χ2v) is 11.5. The molecular formula is C33H35F5N3O5+. The maximum Gasteiger partial charge on any atom is 0.407 e. The van der Waals surface area contributed by atoms with Crippen molar-refractivity contribution in [1.82, 2.24) is 15.1 Å². The molecule has 3 aromatic carbocycles. The van der Waals surface area contributed by atoms with Gasteiger partial charge in [0.15, 0.2) is 5.69 Å². The van der Waals surface area contributed by atoms with Gasteiger partial charge < -0.3 is 24.8 Å². The van der Waals surface area contributed by atoms with E-state index in [0.29, 0.717) is 35.7 Å². The Labute approximate surface area is 263 Å². The fourth-order valence-corrected chi connectivity index (χ4v) is 6.08. The van der Waals surface area contributed by atoms with Crippen molar-refractivity contribution in [3.05, 3.63) is 89.0 Å². The zero-order valence-electron chi connectivity index (χ0n) is 25.3. The number of benzene rings is 3. The van der Waals surface area contributed by atoms with Crippen LogP contribution in [0.1, 0.15) is 35.4 Å². The zero-order valence-corrected chi connectivity index (χ0v) is 25.3. The molecule has 0 bridgehead atoms. The highest BCUT2D eigenvalue weighted by Crippen LogP contribution is 2.49. The van der Waals surface area contributed by atoms with E-state index in [4.69, 9.17) is 14.2 Å². The van der Waals surface area contributed by atoms with Gasteiger partial charge in [-0.15, -0.1) is 0 Å². The van der Waals surface area contributed by atoms with Gasteiger partial charge >= 0.3 is 18.2 Å². The Morgan fingerprint density at radius 2 is 1.85 bits per heavy atom. The SMILES string of the molecule is COc1ccc2c(c1)C(c1ccc(F)cc1)CC(=O)[N+]2(C)c1cccc(F)c1CCC1CNC(COC(=O)NCC(F)(F)F)CO1. The van der Waals surface area contributed by atoms with Crippen LogP contribution in [0.15, 0.2) is 60.7 Å². The van der Waals surface area contributed by atoms with E-state index < -0.39 is 30.7 Å². The first-order valence-corrected chi connectivity index (χ1v) is 14.8. The van der Waals surface area contributed by atoms with Gasteiger partial charge in [-0.05, 0) is 48.7 Å². The second kappa shape index (κ2) is 13.7. The molecular weight excluding hydrogens is 613 g/mol. The highest BCUT2D eigenvalue weighted by atomic mass is 19.4. The number of nitrogens with one attached hydrogen (secondary N) is 2. The van der Waals surface area contributed by atoms with Gasteiger partial charge in [0.05, 0.1) is 39.3 Å². The minimum atomic E-state index is -4.54. The number of alkyl halides is 3. The maximum absolute atomic E-state index is 15.5. The van der Waals surface area contributed by atoms with E-state index in [2.05, 4.69) is 5.32 Å². The highest BCUT2D eigenvalue weighted by Gasteiger charge is 2.48. The Kier molecular flexibility index (Phi) is 9.94. The van der Waals surface area contributed by atoms with E-state index >= 15 is 4.39 Å². The average molecular weight is 649 g/mol. The number of morpholine rings is 1. The van der Waals surface area contributed by atoms with Crippen LogP contribution in [0.5, 0.6) is 5.75 Å². The van der Waals surface area contributed by atoms with Gasteiger partial charge in [-0.25, -0.2) is 18.4 Å². The first-order chi connectivity index (χ1) is 21.9. The van der Waals surface area contributed by atoms with E-state index in [1.807, 2.05) is 12.1 Å². The van der Waals surface area contributed by atoms with Crippen molar-refractivity contribution >= 4 is 23.4 Å². The van der Waals surface area contributed by atoms with Crippen LogP contribution in [-0.2, 0) is 20.7 Å². The van der Waals surface area contributed by atoms with Gasteiger partial charge in [0, 0.05) is 35.7 Å². The van der Waals surface area contributed by atoms with Crippen molar-refractivity contribution in [1.29, 1.82) is 0 Å². The fraction of sp³-hybridized carbons (Fsp3) is 0.394. The minimum absolute atomic E-state index is 0.103. The molecule has 2 amide bonds. The lowest BCUT2D eigenvalue weighted by atomic mass is 9.82. The van der Waals surface area contributed by atoms with E-state index in [-0.39, 0.29) is 54.3 Å². The molecule has 3 aromatic rings. The summed E-state index contributed by atoms with van der Waals surface area (Å²) in [6.07, 6.45) is -5.29. The lowest BCUT2D eigenvalue weighted by Crippen LogP contribution is -2.50. The van der Waals surface area contributed by atoms with Gasteiger partial charge in [0.1, 0.15) is 36.2 Å². The average Bonchev–Trinajstić information content (AvgIpc) is 3.04. The van der Waals surface area contributed by atoms with Crippen molar-refractivity contribution in [2.75, 3.05) is 40.5 Å². The molecule has 0 radical (unpaired) electrons. The number of carbonyl (C=O) groups is 2. The third-order valence-corrected chi connectivity index (χ3v) is 8.55. The highest BCUT2D eigenvalue weighted by molar-refractivity contribution is 5.99. The Morgan fingerprint density at radius 3 is 2.52 bits per heavy atom. The molecule has 8 nitrogen and oxygen atoms in total. The number of alkyl carbamates (subject to hydrolysis) is 1. The number of hydrogen-bond donors (Lipinski definition) is 2. The Balaban J connectivity index is 1.31. The molecule has 2 heterocycles. The summed E-state index contributed by atoms with van der Waals surface area (Å²) in [4.78, 5) is 25.6. The lowest BCUT2D eigenvalue weighted by molar-refractivity contribution is -0.127. The number of methoxy groups -OCH3 is 1. The van der Waals surface area contributed by atoms with Crippen LogP contribution in [-0.4, -0.2) is 70.8 Å². The maximum atomic E-state index is 15.5. The Bertz CT molecular complexity index is 1560. The first kappa shape index (κ1) is 33.3. The topological polar surface area (TPSA) is 85.9 Å². The minimum Gasteiger partial charge on any atom is -0.497 e. The molecule has 2 aliphatic rings. The van der Waals surface area contributed by atoms with Crippen LogP contribution < -0.4 is 19.9 Å². The summed E-state index contributed by atoms with van der Waals surface area (Å²) < 4.78 is 82.0. The van der Waals surface area contributed by atoms with E-state index in [1.165, 1.54) is 18.2 Å². The first-order valence-electron chi connectivity index (χ1n) is 14.8. The molecule has 0 aromatic heterocycles. The Hall–Kier alpha value is -4.07. The third-order valence-electron chi connectivity index (χ3n) is 8.55. The van der Waals surface area contributed by atoms with Crippen molar-refractivity contribution in [3.8, 4) is 5.75 Å². The van der Waals surface area contributed by atoms with Crippen LogP contribution in [0.25, 0.3) is 0 Å². The summed E-state index contributed by atoms with van der Waals surface area (Å²) in [5, 5.41) is 4.79. The molecule has 13 heteroatoms. The summed E-state index contributed by atoms with van der Waals surface area (Å²) >= 11 is 0. The smallest absolute Gasteiger partial charge is 0.407 e. The van der Waals surface area contributed by atoms with E-state index in [1.54, 1.807) is 49.8 Å². The molecule has 1 saturated heterocycles. The van der Waals surface area contributed by atoms with Crippen LogP contribution in [0.3, 0.4) is 0 Å². The number of nitrogens with zero attached hydrogens (tertiary/aromatic N) is 1. The Morgan fingerprint density at radius 1 is 1.09 bits per heavy atom. The molecule has 2 N–H and O–H groups in total. The number of carbonyl (C=O) groups excluding carboxylic acids is 2. The molecule has 0 spiro atoms. The molecule has 46 heavy (non-hydrogen) atoms. The predicted molar refractivity (Wildman–Crippen MR) is 160 cm³/mol. The number of fused-ring (bicyclic) bond motifs is 1. The number of amides is 2. The van der Waals surface area contributed by atoms with Crippen LogP contribution in [0.4, 0.5) is 38.1 Å². The monoisotopic (exact) mass is 648 g/mol. The number of rotatable bonds is 9. The lowest BCUT2D eigenvalue weighted by Gasteiger charge is -2.40. The van der Waals surface area contributed by atoms with Gasteiger partial charge in [0.2, 0.25) is 0 Å². The van der Waals surface area contributed by atoms with Gasteiger partial charge in [-0.1, -0.05) is 18.2 Å². The van der Waals surface area contributed by atoms with Crippen LogP contribution >= 0.6 is 0 Å². The van der Waals surface area contributed by atoms with E-state index in [9.17, 15) is 27.2 Å². The molecule has 5 rings (SSSR count). The molecule has 246 valence electrons. The van der Waals surface area contributed by atoms with Crippen molar-refractivity contribution in [2.45, 2.75) is 43.5 Å². The number of hydrogen-bond acceptors (Lipinski definition) is 6. The van der Waals surface area contributed by atoms with Crippen LogP contribution in [0.2, 0.25) is 0 Å². The summed E-state index contributed by atoms with van der Waals surface area (Å²) in [5.74, 6) is -0.749. The molecule has 0 saturated carbocycles. The molecule has 2 aliphatic heterocycles. The molecule has 4 unspecified atom stereocenters. The van der Waals surface area contributed by atoms with E-state index in [0.717, 1.165) is 11.1 Å². The molecule has 1 fully saturated rings. The molecule has 4 atom stereocenters.